The molecule has 0 aliphatic carbocycles. The molecule has 1 heterocycles. The van der Waals surface area contributed by atoms with Crippen molar-refractivity contribution in [1.82, 2.24) is 9.97 Å². The molecule has 7 heteroatoms. The number of hydrazine groups is 1. The predicted molar refractivity (Wildman–Crippen MR) is 73.6 cm³/mol. The van der Waals surface area contributed by atoms with Crippen LogP contribution < -0.4 is 16.6 Å². The monoisotopic (exact) mass is 305 g/mol. The summed E-state index contributed by atoms with van der Waals surface area (Å²) in [5.74, 6) is 8.58. The molecule has 0 aliphatic heterocycles. The molecule has 0 saturated heterocycles. The zero-order chi connectivity index (χ0) is 12.0. The number of anilines is 2. The van der Waals surface area contributed by atoms with Crippen molar-refractivity contribution in [2.24, 2.45) is 5.84 Å². The molecule has 1 aromatic heterocycles. The maximum atomic E-state index is 5.26. The van der Waals surface area contributed by atoms with Gasteiger partial charge in [0.15, 0.2) is 0 Å². The van der Waals surface area contributed by atoms with Crippen LogP contribution in [0, 0.1) is 0 Å². The summed E-state index contributed by atoms with van der Waals surface area (Å²) in [4.78, 5) is 8.21. The molecule has 1 unspecified atom stereocenters. The van der Waals surface area contributed by atoms with Crippen molar-refractivity contribution in [3.05, 3.63) is 10.7 Å². The van der Waals surface area contributed by atoms with Gasteiger partial charge >= 0.3 is 0 Å². The van der Waals surface area contributed by atoms with Gasteiger partial charge in [0.25, 0.3) is 0 Å². The molecule has 0 amide bonds. The van der Waals surface area contributed by atoms with Crippen LogP contribution in [0.3, 0.4) is 0 Å². The fourth-order valence-electron chi connectivity index (χ4n) is 1.11. The molecule has 0 radical (unpaired) electrons. The smallest absolute Gasteiger partial charge is 0.239 e. The summed E-state index contributed by atoms with van der Waals surface area (Å²) in [6, 6.07) is 0.349. The van der Waals surface area contributed by atoms with Gasteiger partial charge in [-0.25, -0.2) is 10.8 Å². The molecule has 5 nitrogen and oxygen atoms in total. The number of aromatic nitrogens is 2. The highest BCUT2D eigenvalue weighted by atomic mass is 79.9. The number of rotatable bonds is 6. The van der Waals surface area contributed by atoms with E-state index in [0.717, 1.165) is 21.8 Å². The number of thioether (sulfide) groups is 1. The van der Waals surface area contributed by atoms with E-state index >= 15 is 0 Å². The van der Waals surface area contributed by atoms with Crippen LogP contribution in [0.2, 0.25) is 0 Å². The SMILES string of the molecule is CCSCC(C)Nc1nc(NN)ncc1Br. The summed E-state index contributed by atoms with van der Waals surface area (Å²) >= 11 is 5.28. The highest BCUT2D eigenvalue weighted by molar-refractivity contribution is 9.10. The fourth-order valence-corrected chi connectivity index (χ4v) is 2.09. The van der Waals surface area contributed by atoms with E-state index in [9.17, 15) is 0 Å². The lowest BCUT2D eigenvalue weighted by Gasteiger charge is -2.15. The summed E-state index contributed by atoms with van der Waals surface area (Å²) in [5, 5.41) is 3.31. The Labute approximate surface area is 108 Å². The number of nitrogens with two attached hydrogens (primary N) is 1. The lowest BCUT2D eigenvalue weighted by Crippen LogP contribution is -2.20. The van der Waals surface area contributed by atoms with E-state index in [1.54, 1.807) is 6.20 Å². The van der Waals surface area contributed by atoms with Crippen LogP contribution in [0.5, 0.6) is 0 Å². The Balaban J connectivity index is 2.64. The van der Waals surface area contributed by atoms with E-state index in [2.05, 4.69) is 50.5 Å². The van der Waals surface area contributed by atoms with Crippen LogP contribution >= 0.6 is 27.7 Å². The Morgan fingerprint density at radius 1 is 1.62 bits per heavy atom. The van der Waals surface area contributed by atoms with Gasteiger partial charge in [0.05, 0.1) is 4.47 Å². The Hall–Kier alpha value is -0.530. The Morgan fingerprint density at radius 2 is 2.38 bits per heavy atom. The molecule has 16 heavy (non-hydrogen) atoms. The minimum Gasteiger partial charge on any atom is -0.366 e. The van der Waals surface area contributed by atoms with Crippen molar-refractivity contribution in [2.75, 3.05) is 22.2 Å². The standard InChI is InChI=1S/C9H16BrN5S/c1-3-16-5-6(2)13-8-7(10)4-12-9(14-8)15-11/h4,6H,3,5,11H2,1-2H3,(H2,12,13,14,15). The van der Waals surface area contributed by atoms with Crippen LogP contribution in [0.25, 0.3) is 0 Å². The number of nitrogen functional groups attached to an aromatic ring is 1. The summed E-state index contributed by atoms with van der Waals surface area (Å²) in [7, 11) is 0. The predicted octanol–water partition coefficient (Wildman–Crippen LogP) is 2.08. The summed E-state index contributed by atoms with van der Waals surface area (Å²) < 4.78 is 0.833. The lowest BCUT2D eigenvalue weighted by atomic mass is 10.4. The average molecular weight is 306 g/mol. The number of hydrogen-bond donors (Lipinski definition) is 3. The summed E-state index contributed by atoms with van der Waals surface area (Å²) in [6.45, 7) is 4.27. The Kier molecular flexibility index (Phi) is 5.86. The average Bonchev–Trinajstić information content (AvgIpc) is 2.29. The first-order valence-electron chi connectivity index (χ1n) is 5.00. The molecular formula is C9H16BrN5S. The van der Waals surface area contributed by atoms with Crippen molar-refractivity contribution in [1.29, 1.82) is 0 Å². The molecule has 0 aromatic carbocycles. The van der Waals surface area contributed by atoms with Crippen molar-refractivity contribution < 1.29 is 0 Å². The zero-order valence-corrected chi connectivity index (χ0v) is 11.7. The van der Waals surface area contributed by atoms with Crippen LogP contribution in [-0.2, 0) is 0 Å². The molecule has 0 fully saturated rings. The topological polar surface area (TPSA) is 75.9 Å². The van der Waals surface area contributed by atoms with Crippen LogP contribution in [-0.4, -0.2) is 27.5 Å². The molecule has 1 rings (SSSR count). The van der Waals surface area contributed by atoms with Crippen molar-refractivity contribution in [3.63, 3.8) is 0 Å². The molecule has 90 valence electrons. The van der Waals surface area contributed by atoms with E-state index in [0.29, 0.717) is 12.0 Å². The molecule has 1 aromatic rings. The van der Waals surface area contributed by atoms with Gasteiger partial charge in [-0.2, -0.15) is 16.7 Å². The van der Waals surface area contributed by atoms with Crippen molar-refractivity contribution in [3.8, 4) is 0 Å². The fraction of sp³-hybridized carbons (Fsp3) is 0.556. The Bertz CT molecular complexity index is 336. The quantitative estimate of drug-likeness (QED) is 0.552. The van der Waals surface area contributed by atoms with E-state index in [1.807, 2.05) is 11.8 Å². The second-order valence-corrected chi connectivity index (χ2v) is 5.41. The third-order valence-electron chi connectivity index (χ3n) is 1.83. The molecule has 0 spiro atoms. The van der Waals surface area contributed by atoms with E-state index < -0.39 is 0 Å². The van der Waals surface area contributed by atoms with Gasteiger partial charge in [-0.05, 0) is 28.6 Å². The molecule has 4 N–H and O–H groups in total. The molecule has 0 saturated carbocycles. The van der Waals surface area contributed by atoms with Gasteiger partial charge in [0.2, 0.25) is 5.95 Å². The normalized spacial score (nSPS) is 12.2. The molecule has 0 aliphatic rings. The first-order valence-corrected chi connectivity index (χ1v) is 6.95. The van der Waals surface area contributed by atoms with Crippen LogP contribution in [0.4, 0.5) is 11.8 Å². The number of hydrogen-bond acceptors (Lipinski definition) is 6. The van der Waals surface area contributed by atoms with Gasteiger partial charge in [0, 0.05) is 18.0 Å². The molecular weight excluding hydrogens is 290 g/mol. The first-order chi connectivity index (χ1) is 7.67. The first kappa shape index (κ1) is 13.5. The third-order valence-corrected chi connectivity index (χ3v) is 3.55. The third kappa shape index (κ3) is 4.15. The van der Waals surface area contributed by atoms with Gasteiger partial charge in [0.1, 0.15) is 5.82 Å². The molecule has 0 bridgehead atoms. The van der Waals surface area contributed by atoms with Gasteiger partial charge in [-0.1, -0.05) is 6.92 Å². The number of halogens is 1. The summed E-state index contributed by atoms with van der Waals surface area (Å²) in [5.41, 5.74) is 2.42. The highest BCUT2D eigenvalue weighted by Gasteiger charge is 2.07. The van der Waals surface area contributed by atoms with Crippen LogP contribution in [0.15, 0.2) is 10.7 Å². The maximum absolute atomic E-state index is 5.26. The number of nitrogens with zero attached hydrogens (tertiary/aromatic N) is 2. The van der Waals surface area contributed by atoms with E-state index in [-0.39, 0.29) is 0 Å². The maximum Gasteiger partial charge on any atom is 0.239 e. The second-order valence-electron chi connectivity index (χ2n) is 3.24. The van der Waals surface area contributed by atoms with Crippen molar-refractivity contribution in [2.45, 2.75) is 19.9 Å². The lowest BCUT2D eigenvalue weighted by molar-refractivity contribution is 0.896. The van der Waals surface area contributed by atoms with Gasteiger partial charge in [-0.3, -0.25) is 5.43 Å². The summed E-state index contributed by atoms with van der Waals surface area (Å²) in [6.07, 6.45) is 1.67. The zero-order valence-electron chi connectivity index (χ0n) is 9.33. The van der Waals surface area contributed by atoms with Crippen LogP contribution in [0.1, 0.15) is 13.8 Å². The van der Waals surface area contributed by atoms with E-state index in [1.165, 1.54) is 0 Å². The second kappa shape index (κ2) is 6.93. The Morgan fingerprint density at radius 3 is 3.00 bits per heavy atom. The van der Waals surface area contributed by atoms with Crippen molar-refractivity contribution >= 4 is 39.5 Å². The van der Waals surface area contributed by atoms with Gasteiger partial charge < -0.3 is 5.32 Å². The minimum atomic E-state index is 0.349. The minimum absolute atomic E-state index is 0.349. The van der Waals surface area contributed by atoms with Gasteiger partial charge in [-0.15, -0.1) is 0 Å². The highest BCUT2D eigenvalue weighted by Crippen LogP contribution is 2.21. The number of nitrogens with one attached hydrogen (secondary N) is 2. The molecule has 1 atom stereocenters. The van der Waals surface area contributed by atoms with E-state index in [4.69, 9.17) is 5.84 Å². The largest absolute Gasteiger partial charge is 0.366 e.